The molecule has 1 heterocycles. The molecule has 1 unspecified atom stereocenters. The van der Waals surface area contributed by atoms with Gasteiger partial charge in [0.25, 0.3) is 0 Å². The molecule has 96 valence electrons. The van der Waals surface area contributed by atoms with E-state index in [-0.39, 0.29) is 24.8 Å². The third-order valence-electron chi connectivity index (χ3n) is 3.10. The van der Waals surface area contributed by atoms with Gasteiger partial charge in [-0.25, -0.2) is 8.78 Å². The van der Waals surface area contributed by atoms with Crippen molar-refractivity contribution in [1.29, 1.82) is 0 Å². The van der Waals surface area contributed by atoms with Crippen LogP contribution in [0.5, 0.6) is 5.75 Å². The van der Waals surface area contributed by atoms with E-state index in [0.717, 1.165) is 0 Å². The zero-order valence-corrected chi connectivity index (χ0v) is 10.2. The summed E-state index contributed by atoms with van der Waals surface area (Å²) in [5, 5.41) is 4.13. The Morgan fingerprint density at radius 1 is 1.59 bits per heavy atom. The molecule has 5 heteroatoms. The molecule has 1 aromatic rings. The molecule has 0 N–H and O–H groups in total. The van der Waals surface area contributed by atoms with Crippen LogP contribution in [0.1, 0.15) is 39.2 Å². The van der Waals surface area contributed by atoms with Gasteiger partial charge in [0.15, 0.2) is 5.75 Å². The highest BCUT2D eigenvalue weighted by Crippen LogP contribution is 2.38. The fourth-order valence-corrected chi connectivity index (χ4v) is 2.08. The average Bonchev–Trinajstić information content (AvgIpc) is 2.81. The van der Waals surface area contributed by atoms with E-state index in [2.05, 4.69) is 5.10 Å². The van der Waals surface area contributed by atoms with Crippen LogP contribution >= 0.6 is 0 Å². The number of alkyl halides is 2. The van der Waals surface area contributed by atoms with E-state index in [1.54, 1.807) is 17.1 Å². The van der Waals surface area contributed by atoms with Gasteiger partial charge in [-0.1, -0.05) is 0 Å². The first-order valence-corrected chi connectivity index (χ1v) is 6.01. The molecule has 0 radical (unpaired) electrons. The quantitative estimate of drug-likeness (QED) is 0.812. The first kappa shape index (κ1) is 12.3. The van der Waals surface area contributed by atoms with Gasteiger partial charge in [0.05, 0.1) is 19.0 Å². The Bertz CT molecular complexity index is 376. The lowest BCUT2D eigenvalue weighted by Gasteiger charge is -2.11. The molecule has 1 aromatic heterocycles. The monoisotopic (exact) mass is 244 g/mol. The van der Waals surface area contributed by atoms with E-state index >= 15 is 0 Å². The number of rotatable bonds is 4. The third kappa shape index (κ3) is 3.17. The van der Waals surface area contributed by atoms with Gasteiger partial charge in [0.2, 0.25) is 5.92 Å². The van der Waals surface area contributed by atoms with Crippen molar-refractivity contribution in [3.63, 3.8) is 0 Å². The van der Waals surface area contributed by atoms with E-state index in [4.69, 9.17) is 4.74 Å². The molecule has 1 atom stereocenters. The van der Waals surface area contributed by atoms with Crippen molar-refractivity contribution in [2.24, 2.45) is 5.92 Å². The zero-order valence-electron chi connectivity index (χ0n) is 10.2. The molecule has 0 spiro atoms. The SMILES string of the molecule is CC(C)n1cc(OCC2CCC(F)(F)C2)cn1. The van der Waals surface area contributed by atoms with Gasteiger partial charge in [-0.3, -0.25) is 4.68 Å². The van der Waals surface area contributed by atoms with Crippen molar-refractivity contribution in [2.75, 3.05) is 6.61 Å². The Labute approximate surface area is 99.8 Å². The maximum atomic E-state index is 13.0. The van der Waals surface area contributed by atoms with Gasteiger partial charge in [0, 0.05) is 18.9 Å². The van der Waals surface area contributed by atoms with Crippen LogP contribution in [0.3, 0.4) is 0 Å². The van der Waals surface area contributed by atoms with E-state index in [1.807, 2.05) is 13.8 Å². The number of aromatic nitrogens is 2. The Balaban J connectivity index is 1.82. The lowest BCUT2D eigenvalue weighted by Crippen LogP contribution is -2.13. The minimum Gasteiger partial charge on any atom is -0.490 e. The molecule has 2 rings (SSSR count). The van der Waals surface area contributed by atoms with Crippen LogP contribution in [-0.4, -0.2) is 22.3 Å². The summed E-state index contributed by atoms with van der Waals surface area (Å²) in [6.07, 6.45) is 3.92. The number of nitrogens with zero attached hydrogens (tertiary/aromatic N) is 2. The Kier molecular flexibility index (Phi) is 3.35. The maximum Gasteiger partial charge on any atom is 0.248 e. The van der Waals surface area contributed by atoms with E-state index in [1.165, 1.54) is 0 Å². The van der Waals surface area contributed by atoms with Crippen molar-refractivity contribution in [3.05, 3.63) is 12.4 Å². The summed E-state index contributed by atoms with van der Waals surface area (Å²) in [5.41, 5.74) is 0. The third-order valence-corrected chi connectivity index (χ3v) is 3.10. The molecular formula is C12H18F2N2O. The molecule has 1 fully saturated rings. The predicted molar refractivity (Wildman–Crippen MR) is 60.4 cm³/mol. The lowest BCUT2D eigenvalue weighted by atomic mass is 10.1. The summed E-state index contributed by atoms with van der Waals surface area (Å²) in [6.45, 7) is 4.40. The minimum atomic E-state index is -2.49. The summed E-state index contributed by atoms with van der Waals surface area (Å²) >= 11 is 0. The molecule has 17 heavy (non-hydrogen) atoms. The highest BCUT2D eigenvalue weighted by Gasteiger charge is 2.39. The number of halogens is 2. The molecule has 1 aliphatic carbocycles. The number of hydrogen-bond donors (Lipinski definition) is 0. The van der Waals surface area contributed by atoms with Gasteiger partial charge < -0.3 is 4.74 Å². The summed E-state index contributed by atoms with van der Waals surface area (Å²) in [5.74, 6) is -1.86. The van der Waals surface area contributed by atoms with Crippen LogP contribution in [0, 0.1) is 5.92 Å². The number of ether oxygens (including phenoxy) is 1. The first-order chi connectivity index (χ1) is 7.96. The highest BCUT2D eigenvalue weighted by atomic mass is 19.3. The largest absolute Gasteiger partial charge is 0.490 e. The molecule has 3 nitrogen and oxygen atoms in total. The van der Waals surface area contributed by atoms with Crippen molar-refractivity contribution >= 4 is 0 Å². The second kappa shape index (κ2) is 4.63. The van der Waals surface area contributed by atoms with E-state index < -0.39 is 5.92 Å². The van der Waals surface area contributed by atoms with Gasteiger partial charge in [-0.15, -0.1) is 0 Å². The van der Waals surface area contributed by atoms with E-state index in [9.17, 15) is 8.78 Å². The lowest BCUT2D eigenvalue weighted by molar-refractivity contribution is 0.00292. The first-order valence-electron chi connectivity index (χ1n) is 6.01. The normalized spacial score (nSPS) is 23.2. The molecule has 0 aromatic carbocycles. The molecule has 0 saturated heterocycles. The van der Waals surface area contributed by atoms with Gasteiger partial charge >= 0.3 is 0 Å². The Morgan fingerprint density at radius 3 is 2.88 bits per heavy atom. The van der Waals surface area contributed by atoms with E-state index in [0.29, 0.717) is 18.8 Å². The Hall–Kier alpha value is -1.13. The van der Waals surface area contributed by atoms with Crippen LogP contribution < -0.4 is 4.74 Å². The summed E-state index contributed by atoms with van der Waals surface area (Å²) in [7, 11) is 0. The highest BCUT2D eigenvalue weighted by molar-refractivity contribution is 5.12. The maximum absolute atomic E-state index is 13.0. The molecule has 0 amide bonds. The number of hydrogen-bond acceptors (Lipinski definition) is 2. The molecule has 0 aliphatic heterocycles. The fraction of sp³-hybridized carbons (Fsp3) is 0.750. The summed E-state index contributed by atoms with van der Waals surface area (Å²) in [4.78, 5) is 0. The molecule has 0 bridgehead atoms. The molecule has 1 aliphatic rings. The summed E-state index contributed by atoms with van der Waals surface area (Å²) < 4.78 is 33.2. The van der Waals surface area contributed by atoms with Crippen LogP contribution in [0.15, 0.2) is 12.4 Å². The minimum absolute atomic E-state index is 0.00766. The van der Waals surface area contributed by atoms with Crippen LogP contribution in [-0.2, 0) is 0 Å². The fourth-order valence-electron chi connectivity index (χ4n) is 2.08. The molecular weight excluding hydrogens is 226 g/mol. The summed E-state index contributed by atoms with van der Waals surface area (Å²) in [6, 6.07) is 0.281. The van der Waals surface area contributed by atoms with Crippen molar-refractivity contribution in [3.8, 4) is 5.75 Å². The standard InChI is InChI=1S/C12H18F2N2O/c1-9(2)16-7-11(6-15-16)17-8-10-3-4-12(13,14)5-10/h6-7,9-10H,3-5,8H2,1-2H3. The van der Waals surface area contributed by atoms with Crippen LogP contribution in [0.4, 0.5) is 8.78 Å². The second-order valence-electron chi connectivity index (χ2n) is 5.03. The Morgan fingerprint density at radius 2 is 2.35 bits per heavy atom. The zero-order chi connectivity index (χ0) is 12.5. The van der Waals surface area contributed by atoms with Crippen molar-refractivity contribution in [2.45, 2.75) is 45.1 Å². The van der Waals surface area contributed by atoms with Crippen LogP contribution in [0.25, 0.3) is 0 Å². The second-order valence-corrected chi connectivity index (χ2v) is 5.03. The van der Waals surface area contributed by atoms with Gasteiger partial charge in [-0.2, -0.15) is 5.10 Å². The molecule has 1 saturated carbocycles. The topological polar surface area (TPSA) is 27.1 Å². The van der Waals surface area contributed by atoms with Gasteiger partial charge in [-0.05, 0) is 26.2 Å². The van der Waals surface area contributed by atoms with Crippen molar-refractivity contribution < 1.29 is 13.5 Å². The van der Waals surface area contributed by atoms with Crippen molar-refractivity contribution in [1.82, 2.24) is 9.78 Å². The smallest absolute Gasteiger partial charge is 0.248 e. The predicted octanol–water partition coefficient (Wildman–Crippen LogP) is 3.28. The average molecular weight is 244 g/mol. The van der Waals surface area contributed by atoms with Gasteiger partial charge in [0.1, 0.15) is 0 Å². The van der Waals surface area contributed by atoms with Crippen LogP contribution in [0.2, 0.25) is 0 Å².